The van der Waals surface area contributed by atoms with Crippen molar-refractivity contribution >= 4 is 29.4 Å². The maximum Gasteiger partial charge on any atom is 0.214 e. The molecule has 2 aromatic carbocycles. The maximum absolute atomic E-state index is 14.5. The molecule has 9 heteroatoms. The van der Waals surface area contributed by atoms with Crippen LogP contribution in [0, 0.1) is 23.4 Å². The Morgan fingerprint density at radius 1 is 1.07 bits per heavy atom. The molecule has 0 saturated heterocycles. The lowest BCUT2D eigenvalue weighted by Crippen LogP contribution is -2.17. The van der Waals surface area contributed by atoms with E-state index in [1.54, 1.807) is 0 Å². The van der Waals surface area contributed by atoms with Crippen LogP contribution in [0.4, 0.5) is 23.4 Å². The number of methoxy groups -OCH3 is 1. The Bertz CT molecular complexity index is 1070. The predicted octanol–water partition coefficient (Wildman–Crippen LogP) is 6.58. The zero-order chi connectivity index (χ0) is 21.8. The van der Waals surface area contributed by atoms with E-state index in [0.717, 1.165) is 18.1 Å². The van der Waals surface area contributed by atoms with Crippen molar-refractivity contribution in [2.45, 2.75) is 24.8 Å². The average molecular weight is 457 g/mol. The summed E-state index contributed by atoms with van der Waals surface area (Å²) in [6, 6.07) is 10.1. The molecule has 0 amide bonds. The second-order valence-corrected chi connectivity index (χ2v) is 7.65. The van der Waals surface area contributed by atoms with E-state index in [4.69, 9.17) is 16.3 Å². The van der Waals surface area contributed by atoms with Crippen molar-refractivity contribution in [3.05, 3.63) is 82.0 Å². The number of ether oxygens (including phenoxy) is 1. The molecule has 0 aliphatic heterocycles. The Morgan fingerprint density at radius 3 is 2.50 bits per heavy atom. The van der Waals surface area contributed by atoms with Gasteiger partial charge < -0.3 is 4.74 Å². The van der Waals surface area contributed by atoms with Crippen LogP contribution in [-0.4, -0.2) is 12.1 Å². The van der Waals surface area contributed by atoms with Gasteiger partial charge in [-0.05, 0) is 42.1 Å². The number of anilines is 1. The number of hydrogen-bond acceptors (Lipinski definition) is 4. The Kier molecular flexibility index (Phi) is 7.10. The molecule has 1 aromatic heterocycles. The van der Waals surface area contributed by atoms with Crippen LogP contribution in [0.3, 0.4) is 0 Å². The van der Waals surface area contributed by atoms with E-state index < -0.39 is 33.3 Å². The Labute approximate surface area is 180 Å². The molecular weight excluding hydrogens is 440 g/mol. The van der Waals surface area contributed by atoms with Crippen LogP contribution in [0.5, 0.6) is 5.75 Å². The molecule has 3 nitrogen and oxygen atoms in total. The van der Waals surface area contributed by atoms with Gasteiger partial charge in [-0.25, -0.2) is 18.2 Å². The number of hydrogen-bond donors (Lipinski definition) is 0. The van der Waals surface area contributed by atoms with Crippen molar-refractivity contribution in [1.82, 2.24) is 4.98 Å². The van der Waals surface area contributed by atoms with Gasteiger partial charge >= 0.3 is 0 Å². The summed E-state index contributed by atoms with van der Waals surface area (Å²) in [6.07, 6.45) is 0.797. The molecule has 3 rings (SSSR count). The van der Waals surface area contributed by atoms with Crippen molar-refractivity contribution in [2.24, 2.45) is 0 Å². The van der Waals surface area contributed by atoms with Gasteiger partial charge in [-0.1, -0.05) is 36.7 Å². The van der Waals surface area contributed by atoms with Crippen LogP contribution in [-0.2, 0) is 13.0 Å². The Morgan fingerprint density at radius 2 is 1.83 bits per heavy atom. The average Bonchev–Trinajstić information content (AvgIpc) is 2.74. The fourth-order valence-corrected chi connectivity index (χ4v) is 3.89. The van der Waals surface area contributed by atoms with Crippen LogP contribution in [0.25, 0.3) is 0 Å². The minimum Gasteiger partial charge on any atom is -0.496 e. The van der Waals surface area contributed by atoms with Crippen LogP contribution in [0.1, 0.15) is 18.1 Å². The molecule has 158 valence electrons. The van der Waals surface area contributed by atoms with E-state index >= 15 is 0 Å². The molecule has 0 N–H and O–H groups in total. The standard InChI is InChI=1S/C21H17ClF4N2OS/c1-3-12-7-8-13(16(9-12)29-2)11-28(18-6-4-5-17(25)27-18)30-21-15(24)10-14(23)19(22)20(21)26/h4-10H,3,11H2,1-2H3. The summed E-state index contributed by atoms with van der Waals surface area (Å²) in [7, 11) is 1.51. The van der Waals surface area contributed by atoms with E-state index in [1.807, 2.05) is 25.1 Å². The molecule has 0 aliphatic carbocycles. The Hall–Kier alpha value is -2.45. The van der Waals surface area contributed by atoms with Crippen LogP contribution in [0.2, 0.25) is 5.02 Å². The first kappa shape index (κ1) is 22.2. The molecule has 0 spiro atoms. The molecule has 0 atom stereocenters. The maximum atomic E-state index is 14.5. The SMILES string of the molecule is CCc1ccc(CN(Sc2c(F)cc(F)c(Cl)c2F)c2cccc(F)n2)c(OC)c1. The molecule has 0 unspecified atom stereocenters. The molecule has 0 aliphatic rings. The van der Waals surface area contributed by atoms with E-state index in [-0.39, 0.29) is 12.4 Å². The molecule has 0 saturated carbocycles. The Balaban J connectivity index is 2.04. The lowest BCUT2D eigenvalue weighted by molar-refractivity contribution is 0.409. The highest BCUT2D eigenvalue weighted by molar-refractivity contribution is 8.00. The number of benzene rings is 2. The third-order valence-corrected chi connectivity index (χ3v) is 5.74. The van der Waals surface area contributed by atoms with Gasteiger partial charge in [-0.2, -0.15) is 4.39 Å². The van der Waals surface area contributed by atoms with Gasteiger partial charge in [0.2, 0.25) is 5.95 Å². The highest BCUT2D eigenvalue weighted by Gasteiger charge is 2.23. The van der Waals surface area contributed by atoms with Gasteiger partial charge in [-0.3, -0.25) is 4.31 Å². The summed E-state index contributed by atoms with van der Waals surface area (Å²) in [4.78, 5) is 3.27. The molecule has 3 aromatic rings. The molecular formula is C21H17ClF4N2OS. The van der Waals surface area contributed by atoms with E-state index in [2.05, 4.69) is 4.98 Å². The molecule has 0 radical (unpaired) electrons. The zero-order valence-electron chi connectivity index (χ0n) is 16.1. The van der Waals surface area contributed by atoms with Crippen LogP contribution < -0.4 is 9.04 Å². The first-order chi connectivity index (χ1) is 14.3. The van der Waals surface area contributed by atoms with Crippen LogP contribution >= 0.6 is 23.5 Å². The van der Waals surface area contributed by atoms with Gasteiger partial charge in [0.25, 0.3) is 0 Å². The number of pyridine rings is 1. The fourth-order valence-electron chi connectivity index (χ4n) is 2.73. The summed E-state index contributed by atoms with van der Waals surface area (Å²) in [6.45, 7) is 2.07. The van der Waals surface area contributed by atoms with Gasteiger partial charge in [0.05, 0.1) is 13.7 Å². The third-order valence-electron chi connectivity index (χ3n) is 4.30. The van der Waals surface area contributed by atoms with E-state index in [9.17, 15) is 17.6 Å². The largest absolute Gasteiger partial charge is 0.496 e. The summed E-state index contributed by atoms with van der Waals surface area (Å²) in [5.41, 5.74) is 1.73. The fraction of sp³-hybridized carbons (Fsp3) is 0.190. The number of aryl methyl sites for hydroxylation is 1. The van der Waals surface area contributed by atoms with Gasteiger partial charge in [0.15, 0.2) is 5.82 Å². The third kappa shape index (κ3) is 4.82. The smallest absolute Gasteiger partial charge is 0.214 e. The molecule has 0 bridgehead atoms. The highest BCUT2D eigenvalue weighted by Crippen LogP contribution is 2.37. The van der Waals surface area contributed by atoms with E-state index in [1.165, 1.54) is 23.5 Å². The first-order valence-corrected chi connectivity index (χ1v) is 10.1. The van der Waals surface area contributed by atoms with E-state index in [0.29, 0.717) is 29.3 Å². The lowest BCUT2D eigenvalue weighted by Gasteiger charge is -2.24. The minimum atomic E-state index is -1.24. The molecule has 0 fully saturated rings. The van der Waals surface area contributed by atoms with Crippen molar-refractivity contribution in [2.75, 3.05) is 11.4 Å². The topological polar surface area (TPSA) is 25.4 Å². The summed E-state index contributed by atoms with van der Waals surface area (Å²) >= 11 is 6.20. The molecule has 30 heavy (non-hydrogen) atoms. The second-order valence-electron chi connectivity index (χ2n) is 6.24. The number of nitrogens with zero attached hydrogens (tertiary/aromatic N) is 2. The van der Waals surface area contributed by atoms with Crippen molar-refractivity contribution in [3.63, 3.8) is 0 Å². The quantitative estimate of drug-likeness (QED) is 0.132. The predicted molar refractivity (Wildman–Crippen MR) is 110 cm³/mol. The lowest BCUT2D eigenvalue weighted by atomic mass is 10.1. The summed E-state index contributed by atoms with van der Waals surface area (Å²) in [5, 5.41) is -0.823. The summed E-state index contributed by atoms with van der Waals surface area (Å²) in [5.74, 6) is -3.66. The van der Waals surface area contributed by atoms with Crippen molar-refractivity contribution < 1.29 is 22.3 Å². The minimum absolute atomic E-state index is 0.0716. The number of halogens is 5. The zero-order valence-corrected chi connectivity index (χ0v) is 17.6. The molecule has 1 heterocycles. The van der Waals surface area contributed by atoms with Crippen molar-refractivity contribution in [3.8, 4) is 5.75 Å². The van der Waals surface area contributed by atoms with Gasteiger partial charge in [0, 0.05) is 11.6 Å². The second kappa shape index (κ2) is 9.57. The number of aromatic nitrogens is 1. The normalized spacial score (nSPS) is 10.9. The van der Waals surface area contributed by atoms with Crippen molar-refractivity contribution in [1.29, 1.82) is 0 Å². The van der Waals surface area contributed by atoms with Gasteiger partial charge in [-0.15, -0.1) is 0 Å². The first-order valence-electron chi connectivity index (χ1n) is 8.90. The monoisotopic (exact) mass is 456 g/mol. The van der Waals surface area contributed by atoms with Gasteiger partial charge in [0.1, 0.15) is 33.1 Å². The summed E-state index contributed by atoms with van der Waals surface area (Å²) < 4.78 is 62.9. The van der Waals surface area contributed by atoms with Crippen LogP contribution in [0.15, 0.2) is 47.4 Å². The highest BCUT2D eigenvalue weighted by atomic mass is 35.5. The number of rotatable bonds is 7.